The van der Waals surface area contributed by atoms with Crippen LogP contribution < -0.4 is 14.9 Å². The van der Waals surface area contributed by atoms with Crippen LogP contribution in [0.25, 0.3) is 10.1 Å². The van der Waals surface area contributed by atoms with Crippen LogP contribution in [-0.4, -0.2) is 86.9 Å². The molecule has 8 nitrogen and oxygen atoms in total. The summed E-state index contributed by atoms with van der Waals surface area (Å²) in [7, 11) is -3.34. The lowest BCUT2D eigenvalue weighted by Gasteiger charge is -2.36. The Kier molecular flexibility index (Phi) is 7.48. The van der Waals surface area contributed by atoms with E-state index < -0.39 is 10.2 Å². The van der Waals surface area contributed by atoms with Crippen molar-refractivity contribution in [3.8, 4) is 0 Å². The van der Waals surface area contributed by atoms with Crippen LogP contribution in [0.1, 0.15) is 32.1 Å². The smallest absolute Gasteiger partial charge is 0.279 e. The molecule has 1 aromatic heterocycles. The fourth-order valence-corrected chi connectivity index (χ4v) is 7.65. The molecule has 0 amide bonds. The molecule has 1 saturated carbocycles. The molecule has 0 spiro atoms. The van der Waals surface area contributed by atoms with E-state index in [9.17, 15) is 8.42 Å². The first kappa shape index (κ1) is 23.4. The molecule has 1 aromatic carbocycles. The van der Waals surface area contributed by atoms with Gasteiger partial charge in [-0.25, -0.2) is 0 Å². The summed E-state index contributed by atoms with van der Waals surface area (Å²) in [6.45, 7) is 8.01. The number of hydrogen-bond donors (Lipinski definition) is 2. The van der Waals surface area contributed by atoms with Crippen molar-refractivity contribution in [2.24, 2.45) is 5.92 Å². The van der Waals surface area contributed by atoms with Crippen molar-refractivity contribution in [1.82, 2.24) is 23.6 Å². The Hall–Kier alpha value is -1.30. The van der Waals surface area contributed by atoms with Crippen molar-refractivity contribution in [3.63, 3.8) is 0 Å². The third kappa shape index (κ3) is 5.68. The number of fused-ring (bicyclic) bond motifs is 1. The van der Waals surface area contributed by atoms with E-state index in [0.29, 0.717) is 19.0 Å². The van der Waals surface area contributed by atoms with Crippen LogP contribution in [0.3, 0.4) is 0 Å². The second-order valence-corrected chi connectivity index (χ2v) is 12.1. The lowest BCUT2D eigenvalue weighted by molar-refractivity contribution is 0.214. The maximum Gasteiger partial charge on any atom is 0.279 e. The minimum Gasteiger partial charge on any atom is -0.353 e. The Morgan fingerprint density at radius 2 is 1.73 bits per heavy atom. The van der Waals surface area contributed by atoms with Crippen molar-refractivity contribution in [3.05, 3.63) is 24.3 Å². The molecular formula is C23H36N6O2S2. The Balaban J connectivity index is 1.02. The second-order valence-electron chi connectivity index (χ2n) is 9.61. The van der Waals surface area contributed by atoms with Gasteiger partial charge in [0.25, 0.3) is 10.2 Å². The maximum absolute atomic E-state index is 12.6. The van der Waals surface area contributed by atoms with Gasteiger partial charge in [0.15, 0.2) is 0 Å². The number of hydrogen-bond acceptors (Lipinski definition) is 7. The minimum atomic E-state index is -3.34. The van der Waals surface area contributed by atoms with Crippen LogP contribution in [0, 0.1) is 5.92 Å². The lowest BCUT2D eigenvalue weighted by Crippen LogP contribution is -2.52. The van der Waals surface area contributed by atoms with Gasteiger partial charge in [-0.2, -0.15) is 21.8 Å². The number of benzene rings is 1. The van der Waals surface area contributed by atoms with Gasteiger partial charge in [0.2, 0.25) is 0 Å². The van der Waals surface area contributed by atoms with Crippen molar-refractivity contribution in [2.45, 2.75) is 38.1 Å². The first-order chi connectivity index (χ1) is 16.1. The molecule has 0 bridgehead atoms. The van der Waals surface area contributed by atoms with Gasteiger partial charge in [-0.15, -0.1) is 0 Å². The van der Waals surface area contributed by atoms with E-state index in [1.165, 1.54) is 16.5 Å². The van der Waals surface area contributed by atoms with Gasteiger partial charge in [0.05, 0.1) is 4.70 Å². The fraction of sp³-hybridized carbons (Fsp3) is 0.696. The molecule has 3 heterocycles. The van der Waals surface area contributed by atoms with Crippen molar-refractivity contribution >= 4 is 37.6 Å². The zero-order chi connectivity index (χ0) is 22.7. The fourth-order valence-electron chi connectivity index (χ4n) is 5.39. The van der Waals surface area contributed by atoms with Gasteiger partial charge in [0, 0.05) is 63.8 Å². The average molecular weight is 493 g/mol. The van der Waals surface area contributed by atoms with Gasteiger partial charge in [-0.3, -0.25) is 4.90 Å². The summed E-state index contributed by atoms with van der Waals surface area (Å²) >= 11 is 1.60. The molecule has 33 heavy (non-hydrogen) atoms. The zero-order valence-corrected chi connectivity index (χ0v) is 20.9. The third-order valence-electron chi connectivity index (χ3n) is 7.46. The Labute approximate surface area is 201 Å². The van der Waals surface area contributed by atoms with E-state index >= 15 is 0 Å². The largest absolute Gasteiger partial charge is 0.353 e. The molecule has 0 radical (unpaired) electrons. The average Bonchev–Trinajstić information content (AvgIpc) is 3.29. The monoisotopic (exact) mass is 492 g/mol. The highest BCUT2D eigenvalue weighted by atomic mass is 32.2. The topological polar surface area (TPSA) is 80.8 Å². The van der Waals surface area contributed by atoms with Gasteiger partial charge in [-0.05, 0) is 68.2 Å². The number of aromatic nitrogens is 1. The molecule has 5 rings (SSSR count). The maximum atomic E-state index is 12.6. The lowest BCUT2D eigenvalue weighted by atomic mass is 9.84. The Bertz CT molecular complexity index is 1010. The molecule has 3 aliphatic rings. The summed E-state index contributed by atoms with van der Waals surface area (Å²) in [5.41, 5.74) is 0. The first-order valence-electron chi connectivity index (χ1n) is 12.4. The van der Waals surface area contributed by atoms with Gasteiger partial charge < -0.3 is 10.2 Å². The summed E-state index contributed by atoms with van der Waals surface area (Å²) in [5.74, 6) is 1.86. The SMILES string of the molecule is O=S(=O)(N[C@H]1CC[C@H](CCN2CCN(c3nsc4ccccc34)CC2)CC1)N1CCNCC1. The second kappa shape index (κ2) is 10.5. The number of nitrogens with one attached hydrogen (secondary N) is 2. The van der Waals surface area contributed by atoms with Crippen molar-refractivity contribution < 1.29 is 8.42 Å². The summed E-state index contributed by atoms with van der Waals surface area (Å²) in [6.07, 6.45) is 5.39. The standard InChI is InChI=1S/C23H36N6O2S2/c30-33(31,29-13-10-24-11-14-29)26-20-7-5-19(6-8-20)9-12-27-15-17-28(18-16-27)23-21-3-1-2-4-22(21)32-25-23/h1-4,19-20,24,26H,5-18H2/t19-,20-. The van der Waals surface area contributed by atoms with Crippen LogP contribution >= 0.6 is 11.5 Å². The van der Waals surface area contributed by atoms with Crippen molar-refractivity contribution in [2.75, 3.05) is 63.8 Å². The van der Waals surface area contributed by atoms with E-state index in [-0.39, 0.29) is 6.04 Å². The first-order valence-corrected chi connectivity index (χ1v) is 14.6. The normalized spacial score (nSPS) is 26.1. The number of anilines is 1. The molecule has 2 saturated heterocycles. The van der Waals surface area contributed by atoms with Gasteiger partial charge in [0.1, 0.15) is 5.82 Å². The molecule has 3 fully saturated rings. The van der Waals surface area contributed by atoms with Crippen LogP contribution in [0.15, 0.2) is 24.3 Å². The molecule has 2 N–H and O–H groups in total. The molecule has 0 unspecified atom stereocenters. The third-order valence-corrected chi connectivity index (χ3v) is 9.96. The quantitative estimate of drug-likeness (QED) is 0.616. The zero-order valence-electron chi connectivity index (χ0n) is 19.3. The van der Waals surface area contributed by atoms with E-state index in [1.807, 2.05) is 0 Å². The van der Waals surface area contributed by atoms with Gasteiger partial charge in [-0.1, -0.05) is 12.1 Å². The highest BCUT2D eigenvalue weighted by Crippen LogP contribution is 2.31. The van der Waals surface area contributed by atoms with Crippen LogP contribution in [0.5, 0.6) is 0 Å². The predicted octanol–water partition coefficient (Wildman–Crippen LogP) is 2.11. The van der Waals surface area contributed by atoms with Crippen LogP contribution in [0.2, 0.25) is 0 Å². The number of rotatable bonds is 7. The summed E-state index contributed by atoms with van der Waals surface area (Å²) in [6, 6.07) is 8.61. The van der Waals surface area contributed by atoms with Crippen LogP contribution in [-0.2, 0) is 10.2 Å². The molecule has 0 atom stereocenters. The summed E-state index contributed by atoms with van der Waals surface area (Å²) < 4.78 is 35.8. The van der Waals surface area contributed by atoms with Crippen LogP contribution in [0.4, 0.5) is 5.82 Å². The summed E-state index contributed by atoms with van der Waals surface area (Å²) in [5, 5.41) is 4.49. The van der Waals surface area contributed by atoms with E-state index in [1.54, 1.807) is 15.8 Å². The Morgan fingerprint density at radius 1 is 1.00 bits per heavy atom. The van der Waals surface area contributed by atoms with E-state index in [0.717, 1.165) is 77.3 Å². The van der Waals surface area contributed by atoms with Gasteiger partial charge >= 0.3 is 0 Å². The molecule has 2 aliphatic heterocycles. The van der Waals surface area contributed by atoms with Crippen molar-refractivity contribution in [1.29, 1.82) is 0 Å². The minimum absolute atomic E-state index is 0.0950. The number of piperazine rings is 2. The molecule has 1 aliphatic carbocycles. The molecule has 10 heteroatoms. The number of nitrogens with zero attached hydrogens (tertiary/aromatic N) is 4. The Morgan fingerprint density at radius 3 is 2.48 bits per heavy atom. The van der Waals surface area contributed by atoms with E-state index in [4.69, 9.17) is 4.37 Å². The molecular weight excluding hydrogens is 456 g/mol. The van der Waals surface area contributed by atoms with E-state index in [2.05, 4.69) is 44.1 Å². The predicted molar refractivity (Wildman–Crippen MR) is 135 cm³/mol. The molecule has 2 aromatic rings. The highest BCUT2D eigenvalue weighted by molar-refractivity contribution is 7.87. The molecule has 182 valence electrons. The summed E-state index contributed by atoms with van der Waals surface area (Å²) in [4.78, 5) is 5.02. The highest BCUT2D eigenvalue weighted by Gasteiger charge is 2.29.